The lowest BCUT2D eigenvalue weighted by Gasteiger charge is -2.22. The van der Waals surface area contributed by atoms with Crippen molar-refractivity contribution in [1.82, 2.24) is 4.90 Å². The molecule has 3 nitrogen and oxygen atoms in total. The van der Waals surface area contributed by atoms with E-state index in [1.165, 1.54) is 173 Å². The van der Waals surface area contributed by atoms with E-state index in [-0.39, 0.29) is 12.1 Å². The normalized spacial score (nSPS) is 11.6. The monoisotopic (exact) mass is 606 g/mol. The number of ether oxygens (including phenoxy) is 1. The molecule has 0 aliphatic carbocycles. The molecule has 43 heavy (non-hydrogen) atoms. The fourth-order valence-electron chi connectivity index (χ4n) is 6.24. The van der Waals surface area contributed by atoms with Crippen LogP contribution in [0.3, 0.4) is 0 Å². The summed E-state index contributed by atoms with van der Waals surface area (Å²) >= 11 is 0. The lowest BCUT2D eigenvalue weighted by molar-refractivity contribution is -0.150. The molecule has 0 radical (unpaired) electrons. The van der Waals surface area contributed by atoms with Crippen LogP contribution in [0.25, 0.3) is 0 Å². The summed E-state index contributed by atoms with van der Waals surface area (Å²) < 4.78 is 6.06. The molecular weight excluding hydrogens is 526 g/mol. The van der Waals surface area contributed by atoms with Crippen LogP contribution in [0.4, 0.5) is 0 Å². The molecule has 0 saturated heterocycles. The summed E-state index contributed by atoms with van der Waals surface area (Å²) in [5.74, 6) is 0.0487. The Hall–Kier alpha value is -0.830. The molecule has 0 aliphatic rings. The van der Waals surface area contributed by atoms with Crippen molar-refractivity contribution in [3.63, 3.8) is 0 Å². The smallest absolute Gasteiger partial charge is 0.306 e. The van der Waals surface area contributed by atoms with Crippen molar-refractivity contribution in [1.29, 1.82) is 0 Å². The van der Waals surface area contributed by atoms with Gasteiger partial charge in [0.15, 0.2) is 0 Å². The maximum Gasteiger partial charge on any atom is 0.306 e. The maximum absolute atomic E-state index is 12.7. The highest BCUT2D eigenvalue weighted by Crippen LogP contribution is 2.19. The van der Waals surface area contributed by atoms with Crippen LogP contribution in [0.1, 0.15) is 214 Å². The van der Waals surface area contributed by atoms with Crippen LogP contribution in [0.15, 0.2) is 12.2 Å². The number of allylic oxidation sites excluding steroid dienone is 1. The third-order valence-electron chi connectivity index (χ3n) is 9.09. The minimum absolute atomic E-state index is 0.0487. The lowest BCUT2D eigenvalue weighted by atomic mass is 10.0. The van der Waals surface area contributed by atoms with Crippen molar-refractivity contribution >= 4 is 5.97 Å². The van der Waals surface area contributed by atoms with Crippen molar-refractivity contribution < 1.29 is 9.53 Å². The van der Waals surface area contributed by atoms with Gasteiger partial charge in [-0.25, -0.2) is 0 Å². The Kier molecular flexibility index (Phi) is 33.4. The number of rotatable bonds is 35. The van der Waals surface area contributed by atoms with Crippen molar-refractivity contribution in [2.75, 3.05) is 19.6 Å². The van der Waals surface area contributed by atoms with E-state index in [2.05, 4.69) is 39.2 Å². The van der Waals surface area contributed by atoms with Gasteiger partial charge in [0.05, 0.1) is 0 Å². The second kappa shape index (κ2) is 34.1. The molecule has 0 saturated carbocycles. The predicted octanol–water partition coefficient (Wildman–Crippen LogP) is 13.1. The molecule has 256 valence electrons. The molecule has 0 aromatic rings. The number of hydrogen-bond acceptors (Lipinski definition) is 3. The predicted molar refractivity (Wildman–Crippen MR) is 192 cm³/mol. The highest BCUT2D eigenvalue weighted by atomic mass is 16.5. The Labute approximate surface area is 271 Å². The first-order valence-electron chi connectivity index (χ1n) is 19.7. The lowest BCUT2D eigenvalue weighted by Crippen LogP contribution is -2.27. The molecule has 0 atom stereocenters. The van der Waals surface area contributed by atoms with Gasteiger partial charge in [-0.3, -0.25) is 4.79 Å². The van der Waals surface area contributed by atoms with Crippen LogP contribution in [-0.4, -0.2) is 36.6 Å². The summed E-state index contributed by atoms with van der Waals surface area (Å²) in [6.45, 7) is 16.9. The summed E-state index contributed by atoms with van der Waals surface area (Å²) in [6.07, 6.45) is 36.3. The second-order valence-corrected chi connectivity index (χ2v) is 13.6. The Morgan fingerprint density at radius 2 is 0.884 bits per heavy atom. The van der Waals surface area contributed by atoms with E-state index in [0.29, 0.717) is 6.42 Å². The number of esters is 1. The van der Waals surface area contributed by atoms with Gasteiger partial charge in [-0.1, -0.05) is 143 Å². The molecule has 0 N–H and O–H groups in total. The van der Waals surface area contributed by atoms with Gasteiger partial charge < -0.3 is 9.64 Å². The SMILES string of the molecule is C=C(CCCCCC)CCCCCCCN(CCC)CCCCC(=O)OC(CCCCCCCC)CCCCCCCC. The first kappa shape index (κ1) is 42.2. The fraction of sp³-hybridized carbons (Fsp3) is 0.925. The van der Waals surface area contributed by atoms with Crippen molar-refractivity contribution in [3.8, 4) is 0 Å². The molecule has 0 bridgehead atoms. The van der Waals surface area contributed by atoms with Gasteiger partial charge in [-0.15, -0.1) is 0 Å². The number of carbonyl (C=O) groups is 1. The summed E-state index contributed by atoms with van der Waals surface area (Å²) in [7, 11) is 0. The number of hydrogen-bond donors (Lipinski definition) is 0. The quantitative estimate of drug-likeness (QED) is 0.0409. The first-order valence-corrected chi connectivity index (χ1v) is 19.7. The molecular formula is C40H79NO2. The zero-order valence-electron chi connectivity index (χ0n) is 30.2. The third kappa shape index (κ3) is 31.0. The molecule has 0 amide bonds. The Bertz CT molecular complexity index is 573. The average Bonchev–Trinajstić information content (AvgIpc) is 3.00. The third-order valence-corrected chi connectivity index (χ3v) is 9.09. The van der Waals surface area contributed by atoms with Crippen LogP contribution < -0.4 is 0 Å². The van der Waals surface area contributed by atoms with E-state index in [4.69, 9.17) is 4.74 Å². The van der Waals surface area contributed by atoms with Crippen LogP contribution in [0.5, 0.6) is 0 Å². The fourth-order valence-corrected chi connectivity index (χ4v) is 6.24. The van der Waals surface area contributed by atoms with Gasteiger partial charge in [0.2, 0.25) is 0 Å². The average molecular weight is 606 g/mol. The van der Waals surface area contributed by atoms with E-state index in [0.717, 1.165) is 32.2 Å². The van der Waals surface area contributed by atoms with E-state index in [9.17, 15) is 4.79 Å². The summed E-state index contributed by atoms with van der Waals surface area (Å²) in [5, 5.41) is 0. The molecule has 0 heterocycles. The zero-order chi connectivity index (χ0) is 31.6. The van der Waals surface area contributed by atoms with E-state index < -0.39 is 0 Å². The molecule has 0 fully saturated rings. The molecule has 0 aromatic heterocycles. The van der Waals surface area contributed by atoms with Crippen molar-refractivity contribution in [3.05, 3.63) is 12.2 Å². The molecule has 0 aromatic carbocycles. The van der Waals surface area contributed by atoms with Gasteiger partial charge in [-0.05, 0) is 96.7 Å². The largest absolute Gasteiger partial charge is 0.462 e. The zero-order valence-corrected chi connectivity index (χ0v) is 30.2. The van der Waals surface area contributed by atoms with Crippen molar-refractivity contribution in [2.24, 2.45) is 0 Å². The van der Waals surface area contributed by atoms with E-state index in [1.807, 2.05) is 0 Å². The Morgan fingerprint density at radius 3 is 1.40 bits per heavy atom. The summed E-state index contributed by atoms with van der Waals surface area (Å²) in [5.41, 5.74) is 1.47. The summed E-state index contributed by atoms with van der Waals surface area (Å²) in [6, 6.07) is 0. The van der Waals surface area contributed by atoms with Crippen molar-refractivity contribution in [2.45, 2.75) is 220 Å². The van der Waals surface area contributed by atoms with E-state index in [1.54, 1.807) is 0 Å². The molecule has 0 spiro atoms. The minimum atomic E-state index is 0.0487. The minimum Gasteiger partial charge on any atom is -0.462 e. The number of nitrogens with zero attached hydrogens (tertiary/aromatic N) is 1. The van der Waals surface area contributed by atoms with Gasteiger partial charge in [-0.2, -0.15) is 0 Å². The molecule has 3 heteroatoms. The molecule has 0 aliphatic heterocycles. The number of carbonyl (C=O) groups excluding carboxylic acids is 1. The van der Waals surface area contributed by atoms with Gasteiger partial charge >= 0.3 is 5.97 Å². The highest BCUT2D eigenvalue weighted by Gasteiger charge is 2.14. The highest BCUT2D eigenvalue weighted by molar-refractivity contribution is 5.69. The molecule has 0 unspecified atom stereocenters. The van der Waals surface area contributed by atoms with Gasteiger partial charge in [0.1, 0.15) is 6.10 Å². The molecule has 0 rings (SSSR count). The summed E-state index contributed by atoms with van der Waals surface area (Å²) in [4.78, 5) is 15.4. The topological polar surface area (TPSA) is 29.5 Å². The van der Waals surface area contributed by atoms with Crippen LogP contribution in [0, 0.1) is 0 Å². The van der Waals surface area contributed by atoms with Crippen LogP contribution >= 0.6 is 0 Å². The standard InChI is InChI=1S/C40H79NO2/c1-6-10-13-16-20-25-32-39(33-26-21-17-14-11-7-2)43-40(42)34-27-29-37-41(35-9-4)36-28-22-18-19-24-31-38(5)30-23-15-12-8-3/h39H,5-37H2,1-4H3. The Morgan fingerprint density at radius 1 is 0.488 bits per heavy atom. The van der Waals surface area contributed by atoms with Crippen LogP contribution in [-0.2, 0) is 9.53 Å². The van der Waals surface area contributed by atoms with E-state index >= 15 is 0 Å². The second-order valence-electron chi connectivity index (χ2n) is 13.6. The first-order chi connectivity index (χ1) is 21.1. The maximum atomic E-state index is 12.7. The van der Waals surface area contributed by atoms with Crippen LogP contribution in [0.2, 0.25) is 0 Å². The van der Waals surface area contributed by atoms with Gasteiger partial charge in [0.25, 0.3) is 0 Å². The Balaban J connectivity index is 4.13. The number of unbranched alkanes of at least 4 members (excludes halogenated alkanes) is 18. The van der Waals surface area contributed by atoms with Gasteiger partial charge in [0, 0.05) is 6.42 Å².